The van der Waals surface area contributed by atoms with Crippen molar-refractivity contribution in [1.29, 1.82) is 0 Å². The summed E-state index contributed by atoms with van der Waals surface area (Å²) in [6.45, 7) is 8.06. The maximum Gasteiger partial charge on any atom is 0.414 e. The molecule has 49 heavy (non-hydrogen) atoms. The van der Waals surface area contributed by atoms with E-state index in [0.29, 0.717) is 19.7 Å². The average molecular weight is 668 g/mol. The molecule has 10 nitrogen and oxygen atoms in total. The second-order valence-corrected chi connectivity index (χ2v) is 14.3. The predicted octanol–water partition coefficient (Wildman–Crippen LogP) is 5.40. The molecule has 1 spiro atoms. The number of carbonyl (C=O) groups excluding carboxylic acids is 3. The van der Waals surface area contributed by atoms with Gasteiger partial charge in [-0.05, 0) is 59.7 Å². The smallest absolute Gasteiger partial charge is 0.414 e. The summed E-state index contributed by atoms with van der Waals surface area (Å²) in [6.07, 6.45) is 0.787. The van der Waals surface area contributed by atoms with Crippen LogP contribution >= 0.6 is 0 Å². The number of hydrogen-bond acceptors (Lipinski definition) is 7. The zero-order valence-electron chi connectivity index (χ0n) is 28.6. The number of fused-ring (bicyclic) bond motifs is 2. The number of rotatable bonds is 9. The van der Waals surface area contributed by atoms with E-state index in [1.807, 2.05) is 60.7 Å². The second-order valence-electron chi connectivity index (χ2n) is 14.3. The van der Waals surface area contributed by atoms with Gasteiger partial charge in [-0.1, -0.05) is 63.2 Å². The first-order valence-electron chi connectivity index (χ1n) is 17.3. The number of likely N-dealkylation sites (tertiary alicyclic amines) is 1. The molecule has 3 fully saturated rings. The Labute approximate surface area is 287 Å². The fourth-order valence-electron chi connectivity index (χ4n) is 8.90. The molecule has 0 saturated carbocycles. The molecule has 0 radical (unpaired) electrons. The lowest BCUT2D eigenvalue weighted by atomic mass is 9.63. The number of hydrogen-bond donors (Lipinski definition) is 1. The third-order valence-corrected chi connectivity index (χ3v) is 11.4. The number of para-hydroxylation sites is 1. The van der Waals surface area contributed by atoms with E-state index in [-0.39, 0.29) is 55.4 Å². The van der Waals surface area contributed by atoms with Gasteiger partial charge in [-0.3, -0.25) is 14.5 Å². The summed E-state index contributed by atoms with van der Waals surface area (Å²) in [6, 6.07) is 23.2. The Hall–Kier alpha value is -4.41. The lowest BCUT2D eigenvalue weighted by Gasteiger charge is -2.39. The van der Waals surface area contributed by atoms with Crippen LogP contribution in [0.4, 0.5) is 16.2 Å². The van der Waals surface area contributed by atoms with Crippen molar-refractivity contribution in [2.75, 3.05) is 43.2 Å². The van der Waals surface area contributed by atoms with Gasteiger partial charge in [0.25, 0.3) is 5.91 Å². The van der Waals surface area contributed by atoms with Crippen molar-refractivity contribution in [1.82, 2.24) is 4.90 Å². The van der Waals surface area contributed by atoms with E-state index < -0.39 is 17.1 Å². The highest BCUT2D eigenvalue weighted by atomic mass is 16.6. The molecule has 0 unspecified atom stereocenters. The van der Waals surface area contributed by atoms with Crippen LogP contribution in [0.1, 0.15) is 56.7 Å². The van der Waals surface area contributed by atoms with Gasteiger partial charge in [0, 0.05) is 29.6 Å². The Balaban J connectivity index is 1.27. The molecular weight excluding hydrogens is 622 g/mol. The fraction of sp³-hybridized carbons (Fsp3) is 0.462. The Bertz CT molecular complexity index is 1740. The molecule has 10 heteroatoms. The second kappa shape index (κ2) is 12.8. The molecule has 4 aliphatic rings. The van der Waals surface area contributed by atoms with Crippen LogP contribution in [-0.4, -0.2) is 73.5 Å². The maximum atomic E-state index is 15.0. The van der Waals surface area contributed by atoms with E-state index in [4.69, 9.17) is 14.2 Å². The van der Waals surface area contributed by atoms with Crippen LogP contribution in [0.2, 0.25) is 0 Å². The summed E-state index contributed by atoms with van der Waals surface area (Å²) in [5.41, 5.74) is 2.42. The van der Waals surface area contributed by atoms with Crippen LogP contribution in [0, 0.1) is 11.8 Å². The molecule has 3 aromatic carbocycles. The average Bonchev–Trinajstić information content (AvgIpc) is 3.88. The summed E-state index contributed by atoms with van der Waals surface area (Å²) in [7, 11) is 1.64. The maximum absolute atomic E-state index is 15.0. The van der Waals surface area contributed by atoms with Gasteiger partial charge in [0.05, 0.1) is 51.1 Å². The van der Waals surface area contributed by atoms with Crippen molar-refractivity contribution >= 4 is 29.3 Å². The van der Waals surface area contributed by atoms with Gasteiger partial charge in [0.2, 0.25) is 5.91 Å². The monoisotopic (exact) mass is 667 g/mol. The first-order valence-corrected chi connectivity index (χ1v) is 17.3. The van der Waals surface area contributed by atoms with E-state index >= 15 is 4.79 Å². The summed E-state index contributed by atoms with van der Waals surface area (Å²) < 4.78 is 17.7. The number of cyclic esters (lactones) is 1. The normalized spacial score (nSPS) is 26.5. The number of amides is 3. The minimum atomic E-state index is -1.31. The molecule has 1 N–H and O–H groups in total. The highest BCUT2D eigenvalue weighted by Crippen LogP contribution is 2.60. The van der Waals surface area contributed by atoms with Gasteiger partial charge >= 0.3 is 6.09 Å². The van der Waals surface area contributed by atoms with Crippen LogP contribution in [-0.2, 0) is 36.6 Å². The quantitative estimate of drug-likeness (QED) is 0.326. The first-order chi connectivity index (χ1) is 23.6. The summed E-state index contributed by atoms with van der Waals surface area (Å²) >= 11 is 0. The number of carbonyl (C=O) groups is 3. The first kappa shape index (κ1) is 33.1. The Morgan fingerprint density at radius 1 is 1.04 bits per heavy atom. The van der Waals surface area contributed by atoms with Crippen molar-refractivity contribution in [3.8, 4) is 5.75 Å². The minimum Gasteiger partial charge on any atom is -0.497 e. The molecule has 3 amide bonds. The third kappa shape index (κ3) is 5.45. The number of ether oxygens (including phenoxy) is 3. The van der Waals surface area contributed by atoms with Crippen LogP contribution in [0.25, 0.3) is 0 Å². The molecule has 3 aromatic rings. The Kier molecular flexibility index (Phi) is 8.65. The van der Waals surface area contributed by atoms with E-state index in [2.05, 4.69) is 32.9 Å². The lowest BCUT2D eigenvalue weighted by Crippen LogP contribution is -2.45. The van der Waals surface area contributed by atoms with Crippen molar-refractivity contribution in [2.24, 2.45) is 11.8 Å². The van der Waals surface area contributed by atoms with Gasteiger partial charge in [0.1, 0.15) is 12.4 Å². The SMILES string of the molecule is COc1ccc(C(C)(C)[C@H]2[C@H](CC(=O)N3CCC[C@H]3CO)O[C@@]3(C(=O)N(Cc4cccc(N5CCOC5=O)c4)c4ccccc43)[C@@H]2C)cc1. The summed E-state index contributed by atoms with van der Waals surface area (Å²) in [4.78, 5) is 46.5. The largest absolute Gasteiger partial charge is 0.497 e. The van der Waals surface area contributed by atoms with Gasteiger partial charge in [-0.25, -0.2) is 4.79 Å². The van der Waals surface area contributed by atoms with Gasteiger partial charge in [-0.15, -0.1) is 0 Å². The predicted molar refractivity (Wildman–Crippen MR) is 184 cm³/mol. The topological polar surface area (TPSA) is 109 Å². The number of benzene rings is 3. The third-order valence-electron chi connectivity index (χ3n) is 11.4. The molecule has 258 valence electrons. The molecule has 3 saturated heterocycles. The number of aliphatic hydroxyl groups excluding tert-OH is 1. The van der Waals surface area contributed by atoms with E-state index in [1.54, 1.807) is 21.8 Å². The number of nitrogens with zero attached hydrogens (tertiary/aromatic N) is 3. The molecule has 4 aliphatic heterocycles. The lowest BCUT2D eigenvalue weighted by molar-refractivity contribution is -0.150. The molecular formula is C39H45N3O7. The zero-order chi connectivity index (χ0) is 34.5. The minimum absolute atomic E-state index is 0.0610. The highest BCUT2D eigenvalue weighted by molar-refractivity contribution is 6.07. The van der Waals surface area contributed by atoms with Gasteiger partial charge in [0.15, 0.2) is 5.60 Å². The molecule has 0 aromatic heterocycles. The van der Waals surface area contributed by atoms with Crippen molar-refractivity contribution in [2.45, 2.75) is 69.7 Å². The molecule has 4 heterocycles. The van der Waals surface area contributed by atoms with Crippen molar-refractivity contribution < 1.29 is 33.7 Å². The van der Waals surface area contributed by atoms with E-state index in [0.717, 1.165) is 46.7 Å². The molecule has 7 rings (SSSR count). The standard InChI is InChI=1S/C39H45N3O7/c1-25-35(38(2,3)27-14-16-30(47-4)17-15-27)33(22-34(44)40-18-8-11-29(40)24-43)49-39(25)31-12-5-6-13-32(31)42(36(39)45)23-26-9-7-10-28(21-26)41-19-20-48-37(41)46/h5-7,9-10,12-17,21,25,29,33,35,43H,8,11,18-20,22-24H2,1-4H3/t25-,29+,33+,35-,39+/m1/s1. The Morgan fingerprint density at radius 3 is 2.53 bits per heavy atom. The Morgan fingerprint density at radius 2 is 1.82 bits per heavy atom. The molecule has 0 aliphatic carbocycles. The highest BCUT2D eigenvalue weighted by Gasteiger charge is 2.66. The number of methoxy groups -OCH3 is 1. The van der Waals surface area contributed by atoms with Gasteiger partial charge in [-0.2, -0.15) is 0 Å². The van der Waals surface area contributed by atoms with E-state index in [9.17, 15) is 14.7 Å². The molecule has 5 atom stereocenters. The van der Waals surface area contributed by atoms with Crippen molar-refractivity contribution in [3.63, 3.8) is 0 Å². The van der Waals surface area contributed by atoms with E-state index in [1.165, 1.54) is 0 Å². The van der Waals surface area contributed by atoms with Crippen molar-refractivity contribution in [3.05, 3.63) is 89.5 Å². The van der Waals surface area contributed by atoms with Crippen LogP contribution in [0.5, 0.6) is 5.75 Å². The zero-order valence-corrected chi connectivity index (χ0v) is 28.6. The number of aliphatic hydroxyl groups is 1. The fourth-order valence-corrected chi connectivity index (χ4v) is 8.90. The molecule has 0 bridgehead atoms. The summed E-state index contributed by atoms with van der Waals surface area (Å²) in [5, 5.41) is 10.0. The number of anilines is 2. The summed E-state index contributed by atoms with van der Waals surface area (Å²) in [5.74, 6) is 0.00508. The van der Waals surface area contributed by atoms with Crippen LogP contribution in [0.3, 0.4) is 0 Å². The van der Waals surface area contributed by atoms with Crippen LogP contribution in [0.15, 0.2) is 72.8 Å². The van der Waals surface area contributed by atoms with Crippen LogP contribution < -0.4 is 14.5 Å². The van der Waals surface area contributed by atoms with Gasteiger partial charge < -0.3 is 29.1 Å².